The molecule has 0 spiro atoms. The fourth-order valence-electron chi connectivity index (χ4n) is 1.44. The Bertz CT molecular complexity index is 591. The molecule has 2 rings (SSSR count). The summed E-state index contributed by atoms with van der Waals surface area (Å²) in [5.41, 5.74) is 6.64. The normalized spacial score (nSPS) is 10.2. The number of nitrogens with one attached hydrogen (secondary N) is 1. The van der Waals surface area contributed by atoms with E-state index in [1.807, 2.05) is 12.1 Å². The van der Waals surface area contributed by atoms with Crippen molar-refractivity contribution in [1.82, 2.24) is 15.3 Å². The van der Waals surface area contributed by atoms with Gasteiger partial charge >= 0.3 is 0 Å². The van der Waals surface area contributed by atoms with E-state index in [1.165, 1.54) is 18.0 Å². The Morgan fingerprint density at radius 2 is 1.95 bits per heavy atom. The lowest BCUT2D eigenvalue weighted by molar-refractivity contribution is -0.118. The summed E-state index contributed by atoms with van der Waals surface area (Å²) in [7, 11) is 0. The van der Waals surface area contributed by atoms with Crippen LogP contribution in [0.15, 0.2) is 41.7 Å². The fourth-order valence-corrected chi connectivity index (χ4v) is 2.27. The van der Waals surface area contributed by atoms with E-state index in [4.69, 9.17) is 17.3 Å². The molecule has 104 valence electrons. The number of carbonyl (C=O) groups excluding carboxylic acids is 1. The first-order valence-corrected chi connectivity index (χ1v) is 7.22. The SMILES string of the molecule is Nc1nccnc1SCC(=O)NCc1ccc(Cl)cc1. The molecule has 0 atom stereocenters. The zero-order valence-electron chi connectivity index (χ0n) is 10.5. The lowest BCUT2D eigenvalue weighted by atomic mass is 10.2. The number of aromatic nitrogens is 2. The lowest BCUT2D eigenvalue weighted by Gasteiger charge is -2.06. The van der Waals surface area contributed by atoms with E-state index < -0.39 is 0 Å². The zero-order valence-corrected chi connectivity index (χ0v) is 12.1. The molecule has 1 aromatic carbocycles. The number of amides is 1. The van der Waals surface area contributed by atoms with E-state index in [1.54, 1.807) is 18.3 Å². The fraction of sp³-hybridized carbons (Fsp3) is 0.154. The van der Waals surface area contributed by atoms with Crippen LogP contribution in [0.2, 0.25) is 5.02 Å². The van der Waals surface area contributed by atoms with Crippen LogP contribution >= 0.6 is 23.4 Å². The highest BCUT2D eigenvalue weighted by atomic mass is 35.5. The molecule has 0 radical (unpaired) electrons. The first-order valence-electron chi connectivity index (χ1n) is 5.85. The molecule has 0 aliphatic heterocycles. The number of thioether (sulfide) groups is 1. The van der Waals surface area contributed by atoms with Crippen LogP contribution in [0.4, 0.5) is 5.82 Å². The number of benzene rings is 1. The van der Waals surface area contributed by atoms with Crippen molar-refractivity contribution in [3.8, 4) is 0 Å². The minimum atomic E-state index is -0.0880. The maximum Gasteiger partial charge on any atom is 0.230 e. The van der Waals surface area contributed by atoms with E-state index in [2.05, 4.69) is 15.3 Å². The van der Waals surface area contributed by atoms with Crippen LogP contribution in [-0.2, 0) is 11.3 Å². The summed E-state index contributed by atoms with van der Waals surface area (Å²) in [5, 5.41) is 4.06. The van der Waals surface area contributed by atoms with Gasteiger partial charge in [0.25, 0.3) is 0 Å². The van der Waals surface area contributed by atoms with Crippen molar-refractivity contribution in [2.75, 3.05) is 11.5 Å². The van der Waals surface area contributed by atoms with Gasteiger partial charge in [0.2, 0.25) is 5.91 Å². The van der Waals surface area contributed by atoms with Crippen molar-refractivity contribution < 1.29 is 4.79 Å². The molecule has 20 heavy (non-hydrogen) atoms. The van der Waals surface area contributed by atoms with Gasteiger partial charge < -0.3 is 11.1 Å². The Hall–Kier alpha value is -1.79. The number of nitrogens with two attached hydrogens (primary N) is 1. The van der Waals surface area contributed by atoms with Crippen LogP contribution in [0.25, 0.3) is 0 Å². The summed E-state index contributed by atoms with van der Waals surface area (Å²) in [6.45, 7) is 0.465. The quantitative estimate of drug-likeness (QED) is 0.827. The molecule has 0 aliphatic rings. The monoisotopic (exact) mass is 308 g/mol. The Kier molecular flexibility index (Phi) is 5.20. The van der Waals surface area contributed by atoms with Crippen LogP contribution < -0.4 is 11.1 Å². The molecule has 3 N–H and O–H groups in total. The molecule has 1 aromatic heterocycles. The third kappa shape index (κ3) is 4.40. The molecule has 0 unspecified atom stereocenters. The van der Waals surface area contributed by atoms with Crippen molar-refractivity contribution in [3.05, 3.63) is 47.2 Å². The summed E-state index contributed by atoms with van der Waals surface area (Å²) in [6, 6.07) is 7.32. The predicted molar refractivity (Wildman–Crippen MR) is 80.5 cm³/mol. The van der Waals surface area contributed by atoms with E-state index in [-0.39, 0.29) is 11.7 Å². The predicted octanol–water partition coefficient (Wildman–Crippen LogP) is 2.12. The Labute approximate surface area is 126 Å². The molecule has 7 heteroatoms. The molecule has 2 aromatic rings. The van der Waals surface area contributed by atoms with Gasteiger partial charge in [-0.15, -0.1) is 0 Å². The lowest BCUT2D eigenvalue weighted by Crippen LogP contribution is -2.24. The van der Waals surface area contributed by atoms with E-state index in [0.29, 0.717) is 22.4 Å². The van der Waals surface area contributed by atoms with E-state index in [0.717, 1.165) is 5.56 Å². The second-order valence-corrected chi connectivity index (χ2v) is 5.34. The Morgan fingerprint density at radius 1 is 1.25 bits per heavy atom. The van der Waals surface area contributed by atoms with Gasteiger partial charge in [0, 0.05) is 24.0 Å². The number of anilines is 1. The summed E-state index contributed by atoms with van der Waals surface area (Å²) in [4.78, 5) is 19.7. The van der Waals surface area contributed by atoms with Gasteiger partial charge in [-0.05, 0) is 17.7 Å². The average Bonchev–Trinajstić information content (AvgIpc) is 2.46. The second kappa shape index (κ2) is 7.12. The number of hydrogen-bond acceptors (Lipinski definition) is 5. The standard InChI is InChI=1S/C13H13ClN4OS/c14-10-3-1-9(2-4-10)7-18-11(19)8-20-13-12(15)16-5-6-17-13/h1-6H,7-8H2,(H2,15,16)(H,18,19). The summed E-state index contributed by atoms with van der Waals surface area (Å²) < 4.78 is 0. The Morgan fingerprint density at radius 3 is 2.65 bits per heavy atom. The topological polar surface area (TPSA) is 80.9 Å². The number of nitrogens with zero attached hydrogens (tertiary/aromatic N) is 2. The molecular weight excluding hydrogens is 296 g/mol. The second-order valence-electron chi connectivity index (χ2n) is 3.94. The summed E-state index contributed by atoms with van der Waals surface area (Å²) in [5.74, 6) is 0.495. The molecule has 1 amide bonds. The van der Waals surface area contributed by atoms with Crippen LogP contribution in [0.1, 0.15) is 5.56 Å². The van der Waals surface area contributed by atoms with Crippen molar-refractivity contribution >= 4 is 35.1 Å². The molecule has 5 nitrogen and oxygen atoms in total. The highest BCUT2D eigenvalue weighted by Gasteiger charge is 2.06. The first-order chi connectivity index (χ1) is 9.65. The average molecular weight is 309 g/mol. The third-order valence-corrected chi connectivity index (χ3v) is 3.68. The number of rotatable bonds is 5. The van der Waals surface area contributed by atoms with Gasteiger partial charge in [0.05, 0.1) is 5.75 Å². The number of hydrogen-bond donors (Lipinski definition) is 2. The van der Waals surface area contributed by atoms with Gasteiger partial charge in [-0.3, -0.25) is 4.79 Å². The van der Waals surface area contributed by atoms with E-state index in [9.17, 15) is 4.79 Å². The van der Waals surface area contributed by atoms with Crippen molar-refractivity contribution in [2.45, 2.75) is 11.6 Å². The maximum atomic E-state index is 11.7. The molecule has 0 aliphatic carbocycles. The minimum absolute atomic E-state index is 0.0880. The van der Waals surface area contributed by atoms with E-state index >= 15 is 0 Å². The molecule has 0 saturated heterocycles. The number of nitrogen functional groups attached to an aromatic ring is 1. The summed E-state index contributed by atoms with van der Waals surface area (Å²) in [6.07, 6.45) is 3.06. The van der Waals surface area contributed by atoms with Crippen molar-refractivity contribution in [3.63, 3.8) is 0 Å². The maximum absolute atomic E-state index is 11.7. The van der Waals surface area contributed by atoms with Gasteiger partial charge in [0.1, 0.15) is 5.03 Å². The van der Waals surface area contributed by atoms with Crippen LogP contribution in [-0.4, -0.2) is 21.6 Å². The van der Waals surface area contributed by atoms with Crippen LogP contribution in [0.3, 0.4) is 0 Å². The van der Waals surface area contributed by atoms with Gasteiger partial charge in [-0.2, -0.15) is 0 Å². The molecule has 1 heterocycles. The van der Waals surface area contributed by atoms with Crippen LogP contribution in [0.5, 0.6) is 0 Å². The minimum Gasteiger partial charge on any atom is -0.381 e. The highest BCUT2D eigenvalue weighted by molar-refractivity contribution is 8.00. The van der Waals surface area contributed by atoms with Crippen LogP contribution in [0, 0.1) is 0 Å². The number of halogens is 1. The largest absolute Gasteiger partial charge is 0.381 e. The first kappa shape index (κ1) is 14.6. The molecule has 0 saturated carbocycles. The van der Waals surface area contributed by atoms with Gasteiger partial charge in [0.15, 0.2) is 5.82 Å². The smallest absolute Gasteiger partial charge is 0.230 e. The molecule has 0 bridgehead atoms. The highest BCUT2D eigenvalue weighted by Crippen LogP contribution is 2.19. The summed E-state index contributed by atoms with van der Waals surface area (Å²) >= 11 is 7.05. The van der Waals surface area contributed by atoms with Crippen molar-refractivity contribution in [1.29, 1.82) is 0 Å². The van der Waals surface area contributed by atoms with Gasteiger partial charge in [-0.1, -0.05) is 35.5 Å². The van der Waals surface area contributed by atoms with Gasteiger partial charge in [-0.25, -0.2) is 9.97 Å². The third-order valence-electron chi connectivity index (χ3n) is 2.43. The Balaban J connectivity index is 1.78. The van der Waals surface area contributed by atoms with Crippen molar-refractivity contribution in [2.24, 2.45) is 0 Å². The zero-order chi connectivity index (χ0) is 14.4. The molecular formula is C13H13ClN4OS. The molecule has 0 fully saturated rings. The number of carbonyl (C=O) groups is 1.